The fourth-order valence-electron chi connectivity index (χ4n) is 2.49. The molecule has 2 aromatic heterocycles. The first-order valence-electron chi connectivity index (χ1n) is 8.69. The van der Waals surface area contributed by atoms with Crippen molar-refractivity contribution in [1.29, 1.82) is 0 Å². The molecule has 7 nitrogen and oxygen atoms in total. The Bertz CT molecular complexity index is 1040. The predicted molar refractivity (Wildman–Crippen MR) is 118 cm³/mol. The van der Waals surface area contributed by atoms with E-state index in [-0.39, 0.29) is 11.8 Å². The van der Waals surface area contributed by atoms with Crippen LogP contribution in [0.25, 0.3) is 0 Å². The molecule has 9 heteroatoms. The van der Waals surface area contributed by atoms with Gasteiger partial charge in [-0.05, 0) is 53.8 Å². The van der Waals surface area contributed by atoms with Crippen molar-refractivity contribution < 1.29 is 14.3 Å². The number of thiophene rings is 1. The van der Waals surface area contributed by atoms with Gasteiger partial charge in [-0.15, -0.1) is 11.3 Å². The zero-order chi connectivity index (χ0) is 20.8. The van der Waals surface area contributed by atoms with Gasteiger partial charge in [0.2, 0.25) is 5.88 Å². The van der Waals surface area contributed by atoms with Gasteiger partial charge < -0.3 is 20.7 Å². The van der Waals surface area contributed by atoms with Gasteiger partial charge in [-0.2, -0.15) is 0 Å². The van der Waals surface area contributed by atoms with E-state index in [1.54, 1.807) is 18.3 Å². The van der Waals surface area contributed by atoms with Crippen LogP contribution in [0.2, 0.25) is 0 Å². The van der Waals surface area contributed by atoms with Gasteiger partial charge in [0.25, 0.3) is 5.91 Å². The van der Waals surface area contributed by atoms with Crippen LogP contribution in [0.4, 0.5) is 16.2 Å². The van der Waals surface area contributed by atoms with Crippen LogP contribution in [0.5, 0.6) is 5.88 Å². The summed E-state index contributed by atoms with van der Waals surface area (Å²) in [5, 5.41) is 10.4. The molecule has 0 bridgehead atoms. The third kappa shape index (κ3) is 5.55. The van der Waals surface area contributed by atoms with Crippen molar-refractivity contribution in [2.45, 2.75) is 13.5 Å². The van der Waals surface area contributed by atoms with Crippen LogP contribution < -0.4 is 20.7 Å². The molecular weight excluding hydrogens is 456 g/mol. The Morgan fingerprint density at radius 3 is 2.79 bits per heavy atom. The molecule has 3 aromatic rings. The van der Waals surface area contributed by atoms with Gasteiger partial charge >= 0.3 is 6.09 Å². The molecule has 0 saturated carbocycles. The minimum atomic E-state index is -0.581. The summed E-state index contributed by atoms with van der Waals surface area (Å²) in [5.41, 5.74) is 3.37. The topological polar surface area (TPSA) is 92.4 Å². The number of ether oxygens (including phenoxy) is 1. The van der Waals surface area contributed by atoms with Crippen molar-refractivity contribution >= 4 is 50.6 Å². The molecular formula is C20H19BrN4O3S. The zero-order valence-electron chi connectivity index (χ0n) is 15.8. The molecule has 0 radical (unpaired) electrons. The SMILES string of the molecule is CNC(=O)Oc1cc(CNc2ccsc2C(=O)Nc2ccc(Br)c(C)c2)ccn1. The lowest BCUT2D eigenvalue weighted by atomic mass is 10.2. The van der Waals surface area contributed by atoms with Gasteiger partial charge in [-0.25, -0.2) is 9.78 Å². The van der Waals surface area contributed by atoms with E-state index < -0.39 is 6.09 Å². The molecule has 0 aliphatic rings. The predicted octanol–water partition coefficient (Wildman–Crippen LogP) is 4.80. The summed E-state index contributed by atoms with van der Waals surface area (Å²) >= 11 is 4.81. The Morgan fingerprint density at radius 1 is 1.21 bits per heavy atom. The lowest BCUT2D eigenvalue weighted by molar-refractivity contribution is 0.103. The Hall–Kier alpha value is -2.91. The Morgan fingerprint density at radius 2 is 2.03 bits per heavy atom. The van der Waals surface area contributed by atoms with Crippen molar-refractivity contribution in [2.75, 3.05) is 17.7 Å². The highest BCUT2D eigenvalue weighted by atomic mass is 79.9. The average molecular weight is 475 g/mol. The van der Waals surface area contributed by atoms with Gasteiger partial charge in [-0.1, -0.05) is 15.9 Å². The molecule has 0 aliphatic carbocycles. The second kappa shape index (κ2) is 9.53. The maximum Gasteiger partial charge on any atom is 0.413 e. The first-order valence-corrected chi connectivity index (χ1v) is 10.4. The third-order valence-corrected chi connectivity index (χ3v) is 5.77. The number of benzene rings is 1. The summed E-state index contributed by atoms with van der Waals surface area (Å²) < 4.78 is 6.03. The minimum Gasteiger partial charge on any atom is -0.391 e. The third-order valence-electron chi connectivity index (χ3n) is 3.97. The van der Waals surface area contributed by atoms with E-state index in [9.17, 15) is 9.59 Å². The summed E-state index contributed by atoms with van der Waals surface area (Å²) in [4.78, 5) is 28.6. The first kappa shape index (κ1) is 20.8. The van der Waals surface area contributed by atoms with Crippen LogP contribution in [0, 0.1) is 6.92 Å². The molecule has 3 rings (SSSR count). The monoisotopic (exact) mass is 474 g/mol. The standard InChI is InChI=1S/C20H19BrN4O3S/c1-12-9-14(3-4-15(12)21)25-19(26)18-16(6-8-29-18)24-11-13-5-7-23-17(10-13)28-20(27)22-2/h3-10,24H,11H2,1-2H3,(H,22,27)(H,25,26). The number of nitrogens with zero attached hydrogens (tertiary/aromatic N) is 1. The molecule has 0 unspecified atom stereocenters. The minimum absolute atomic E-state index is 0.178. The van der Waals surface area contributed by atoms with Crippen molar-refractivity contribution in [3.8, 4) is 5.88 Å². The number of nitrogens with one attached hydrogen (secondary N) is 3. The number of pyridine rings is 1. The van der Waals surface area contributed by atoms with E-state index in [0.29, 0.717) is 11.4 Å². The molecule has 2 heterocycles. The largest absolute Gasteiger partial charge is 0.413 e. The lowest BCUT2D eigenvalue weighted by Gasteiger charge is -2.10. The van der Waals surface area contributed by atoms with Gasteiger partial charge in [0, 0.05) is 36.0 Å². The average Bonchev–Trinajstić information content (AvgIpc) is 3.18. The molecule has 0 saturated heterocycles. The van der Waals surface area contributed by atoms with E-state index >= 15 is 0 Å². The van der Waals surface area contributed by atoms with Crippen LogP contribution in [0.3, 0.4) is 0 Å². The van der Waals surface area contributed by atoms with Gasteiger partial charge in [0.05, 0.1) is 5.69 Å². The molecule has 0 fully saturated rings. The number of aryl methyl sites for hydroxylation is 1. The molecule has 0 aliphatic heterocycles. The Balaban J connectivity index is 1.66. The Labute approximate surface area is 180 Å². The lowest BCUT2D eigenvalue weighted by Crippen LogP contribution is -2.22. The smallest absolute Gasteiger partial charge is 0.391 e. The van der Waals surface area contributed by atoms with Gasteiger partial charge in [-0.3, -0.25) is 4.79 Å². The van der Waals surface area contributed by atoms with Crippen LogP contribution in [-0.4, -0.2) is 24.0 Å². The Kier molecular flexibility index (Phi) is 6.84. The molecule has 0 spiro atoms. The van der Waals surface area contributed by atoms with Gasteiger partial charge in [0.1, 0.15) is 4.88 Å². The number of hydrogen-bond donors (Lipinski definition) is 3. The summed E-state index contributed by atoms with van der Waals surface area (Å²) in [6.45, 7) is 2.41. The van der Waals surface area contributed by atoms with Crippen molar-refractivity contribution in [3.05, 3.63) is 68.5 Å². The fraction of sp³-hybridized carbons (Fsp3) is 0.150. The fourth-order valence-corrected chi connectivity index (χ4v) is 3.51. The first-order chi connectivity index (χ1) is 14.0. The van der Waals surface area contributed by atoms with E-state index in [4.69, 9.17) is 4.74 Å². The number of amides is 2. The zero-order valence-corrected chi connectivity index (χ0v) is 18.2. The number of hydrogen-bond acceptors (Lipinski definition) is 6. The summed E-state index contributed by atoms with van der Waals surface area (Å²) in [6.07, 6.45) is 0.981. The van der Waals surface area contributed by atoms with Crippen LogP contribution in [0.1, 0.15) is 20.8 Å². The molecule has 3 N–H and O–H groups in total. The highest BCUT2D eigenvalue weighted by molar-refractivity contribution is 9.10. The number of halogens is 1. The van der Waals surface area contributed by atoms with Crippen molar-refractivity contribution in [3.63, 3.8) is 0 Å². The maximum absolute atomic E-state index is 12.7. The quantitative estimate of drug-likeness (QED) is 0.477. The normalized spacial score (nSPS) is 10.3. The molecule has 0 atom stereocenters. The number of aromatic nitrogens is 1. The van der Waals surface area contributed by atoms with E-state index in [1.165, 1.54) is 18.4 Å². The van der Waals surface area contributed by atoms with E-state index in [0.717, 1.165) is 27.0 Å². The van der Waals surface area contributed by atoms with E-state index in [1.807, 2.05) is 36.6 Å². The summed E-state index contributed by atoms with van der Waals surface area (Å²) in [6, 6.07) is 11.0. The van der Waals surface area contributed by atoms with Crippen molar-refractivity contribution in [2.24, 2.45) is 0 Å². The molecule has 150 valence electrons. The highest BCUT2D eigenvalue weighted by Gasteiger charge is 2.14. The number of rotatable bonds is 6. The van der Waals surface area contributed by atoms with Crippen LogP contribution in [0.15, 0.2) is 52.4 Å². The van der Waals surface area contributed by atoms with E-state index in [2.05, 4.69) is 36.9 Å². The van der Waals surface area contributed by atoms with Gasteiger partial charge in [0.15, 0.2) is 0 Å². The van der Waals surface area contributed by atoms with Crippen molar-refractivity contribution in [1.82, 2.24) is 10.3 Å². The summed E-state index contributed by atoms with van der Waals surface area (Å²) in [5.74, 6) is 0.0279. The van der Waals surface area contributed by atoms with Crippen LogP contribution >= 0.6 is 27.3 Å². The number of anilines is 2. The summed E-state index contributed by atoms with van der Waals surface area (Å²) in [7, 11) is 1.48. The molecule has 29 heavy (non-hydrogen) atoms. The highest BCUT2D eigenvalue weighted by Crippen LogP contribution is 2.26. The second-order valence-electron chi connectivity index (χ2n) is 6.08. The maximum atomic E-state index is 12.7. The number of carbonyl (C=O) groups is 2. The number of carbonyl (C=O) groups excluding carboxylic acids is 2. The molecule has 1 aromatic carbocycles. The molecule has 2 amide bonds. The van der Waals surface area contributed by atoms with Crippen LogP contribution in [-0.2, 0) is 6.54 Å². The second-order valence-corrected chi connectivity index (χ2v) is 7.85.